The lowest BCUT2D eigenvalue weighted by Gasteiger charge is -2.38. The number of morpholine rings is 1. The first-order valence-corrected chi connectivity index (χ1v) is 9.69. The van der Waals surface area contributed by atoms with Crippen molar-refractivity contribution in [2.24, 2.45) is 5.92 Å². The van der Waals surface area contributed by atoms with Crippen LogP contribution in [0.25, 0.3) is 0 Å². The molecule has 1 aliphatic heterocycles. The third-order valence-electron chi connectivity index (χ3n) is 5.36. The summed E-state index contributed by atoms with van der Waals surface area (Å²) in [4.78, 5) is 15.2. The van der Waals surface area contributed by atoms with E-state index in [0.29, 0.717) is 19.0 Å². The van der Waals surface area contributed by atoms with E-state index in [0.717, 1.165) is 29.8 Å². The second-order valence-electron chi connectivity index (χ2n) is 7.51. The van der Waals surface area contributed by atoms with Crippen molar-refractivity contribution in [1.29, 1.82) is 0 Å². The highest BCUT2D eigenvalue weighted by molar-refractivity contribution is 5.95. The molecule has 2 aliphatic rings. The molecule has 26 heavy (non-hydrogen) atoms. The van der Waals surface area contributed by atoms with Crippen LogP contribution in [-0.4, -0.2) is 39.8 Å². The Labute approximate surface area is 154 Å². The zero-order valence-corrected chi connectivity index (χ0v) is 15.6. The first kappa shape index (κ1) is 17.3. The van der Waals surface area contributed by atoms with E-state index in [4.69, 9.17) is 4.74 Å². The largest absolute Gasteiger partial charge is 0.366 e. The summed E-state index contributed by atoms with van der Waals surface area (Å²) in [6.07, 6.45) is 5.42. The molecule has 1 amide bonds. The Morgan fingerprint density at radius 1 is 1.23 bits per heavy atom. The molecule has 0 N–H and O–H groups in total. The van der Waals surface area contributed by atoms with Gasteiger partial charge < -0.3 is 9.64 Å². The van der Waals surface area contributed by atoms with Crippen LogP contribution in [0, 0.1) is 12.8 Å². The first-order valence-electron chi connectivity index (χ1n) is 9.69. The van der Waals surface area contributed by atoms with Gasteiger partial charge >= 0.3 is 0 Å². The summed E-state index contributed by atoms with van der Waals surface area (Å²) >= 11 is 0. The Morgan fingerprint density at radius 3 is 2.69 bits per heavy atom. The monoisotopic (exact) mass is 353 g/mol. The molecule has 1 aromatic carbocycles. The van der Waals surface area contributed by atoms with Crippen molar-refractivity contribution in [2.45, 2.75) is 51.9 Å². The number of amides is 1. The van der Waals surface area contributed by atoms with Crippen molar-refractivity contribution < 1.29 is 9.53 Å². The minimum Gasteiger partial charge on any atom is -0.366 e. The van der Waals surface area contributed by atoms with Gasteiger partial charge in [-0.1, -0.05) is 37.3 Å². The van der Waals surface area contributed by atoms with E-state index in [1.807, 2.05) is 40.9 Å². The average Bonchev–Trinajstić information content (AvgIpc) is 3.45. The maximum absolute atomic E-state index is 13.2. The molecule has 1 saturated heterocycles. The summed E-state index contributed by atoms with van der Waals surface area (Å²) in [5.74, 6) is 0.681. The lowest BCUT2D eigenvalue weighted by atomic mass is 10.0. The van der Waals surface area contributed by atoms with Crippen molar-refractivity contribution in [2.75, 3.05) is 13.1 Å². The topological polar surface area (TPSA) is 47.4 Å². The second kappa shape index (κ2) is 7.23. The zero-order valence-electron chi connectivity index (χ0n) is 15.6. The van der Waals surface area contributed by atoms with Gasteiger partial charge in [-0.25, -0.2) is 0 Å². The Kier molecular flexibility index (Phi) is 4.81. The summed E-state index contributed by atoms with van der Waals surface area (Å²) in [5.41, 5.74) is 2.69. The van der Waals surface area contributed by atoms with Crippen molar-refractivity contribution in [1.82, 2.24) is 14.7 Å². The predicted octanol–water partition coefficient (Wildman–Crippen LogP) is 3.59. The van der Waals surface area contributed by atoms with Gasteiger partial charge in [0.25, 0.3) is 5.91 Å². The molecule has 0 unspecified atom stereocenters. The van der Waals surface area contributed by atoms with Crippen LogP contribution in [0.3, 0.4) is 0 Å². The van der Waals surface area contributed by atoms with Crippen LogP contribution >= 0.6 is 0 Å². The number of hydrogen-bond acceptors (Lipinski definition) is 3. The SMILES string of the molecule is CCCn1cc(C(=O)N2C[C@@H](c3ccccc3)O[C@@H](C3CC3)C2)c(C)n1. The molecule has 2 atom stereocenters. The molecule has 1 aromatic heterocycles. The number of aryl methyl sites for hydroxylation is 2. The van der Waals surface area contributed by atoms with Crippen LogP contribution in [0.4, 0.5) is 0 Å². The van der Waals surface area contributed by atoms with E-state index < -0.39 is 0 Å². The zero-order chi connectivity index (χ0) is 18.1. The molecule has 0 spiro atoms. The molecule has 0 bridgehead atoms. The number of ether oxygens (including phenoxy) is 1. The lowest BCUT2D eigenvalue weighted by Crippen LogP contribution is -2.47. The maximum atomic E-state index is 13.2. The number of nitrogens with zero attached hydrogens (tertiary/aromatic N) is 3. The van der Waals surface area contributed by atoms with Gasteiger partial charge in [-0.15, -0.1) is 0 Å². The van der Waals surface area contributed by atoms with Gasteiger partial charge in [-0.2, -0.15) is 5.10 Å². The van der Waals surface area contributed by atoms with Gasteiger partial charge in [0.1, 0.15) is 6.10 Å². The Balaban J connectivity index is 1.56. The third-order valence-corrected chi connectivity index (χ3v) is 5.36. The van der Waals surface area contributed by atoms with Crippen molar-refractivity contribution in [3.8, 4) is 0 Å². The number of hydrogen-bond donors (Lipinski definition) is 0. The predicted molar refractivity (Wildman–Crippen MR) is 99.9 cm³/mol. The van der Waals surface area contributed by atoms with Crippen LogP contribution < -0.4 is 0 Å². The van der Waals surface area contributed by atoms with Gasteiger partial charge in [0, 0.05) is 19.3 Å². The number of benzene rings is 1. The van der Waals surface area contributed by atoms with E-state index in [1.54, 1.807) is 0 Å². The summed E-state index contributed by atoms with van der Waals surface area (Å²) < 4.78 is 8.26. The number of carbonyl (C=O) groups is 1. The van der Waals surface area contributed by atoms with Crippen LogP contribution in [-0.2, 0) is 11.3 Å². The molecular weight excluding hydrogens is 326 g/mol. The molecule has 2 fully saturated rings. The van der Waals surface area contributed by atoms with Crippen molar-refractivity contribution >= 4 is 5.91 Å². The molecule has 4 rings (SSSR count). The maximum Gasteiger partial charge on any atom is 0.257 e. The normalized spacial score (nSPS) is 23.2. The van der Waals surface area contributed by atoms with E-state index >= 15 is 0 Å². The molecule has 2 heterocycles. The highest BCUT2D eigenvalue weighted by Crippen LogP contribution is 2.39. The highest BCUT2D eigenvalue weighted by atomic mass is 16.5. The fourth-order valence-electron chi connectivity index (χ4n) is 3.78. The molecule has 5 nitrogen and oxygen atoms in total. The van der Waals surface area contributed by atoms with Crippen molar-refractivity contribution in [3.05, 3.63) is 53.3 Å². The summed E-state index contributed by atoms with van der Waals surface area (Å²) in [6.45, 7) is 6.17. The fourth-order valence-corrected chi connectivity index (χ4v) is 3.78. The van der Waals surface area contributed by atoms with E-state index in [9.17, 15) is 4.79 Å². The van der Waals surface area contributed by atoms with Crippen LogP contribution in [0.1, 0.15) is 53.9 Å². The molecular formula is C21H27N3O2. The third kappa shape index (κ3) is 3.54. The van der Waals surface area contributed by atoms with Crippen molar-refractivity contribution in [3.63, 3.8) is 0 Å². The molecule has 138 valence electrons. The molecule has 2 aromatic rings. The smallest absolute Gasteiger partial charge is 0.257 e. The number of carbonyl (C=O) groups excluding carboxylic acids is 1. The van der Waals surface area contributed by atoms with E-state index in [1.165, 1.54) is 12.8 Å². The van der Waals surface area contributed by atoms with Gasteiger partial charge in [-0.05, 0) is 37.7 Å². The standard InChI is InChI=1S/C21H27N3O2/c1-3-11-24-12-18(15(2)22-24)21(25)23-13-19(16-7-5-4-6-8-16)26-20(14-23)17-9-10-17/h4-8,12,17,19-20H,3,9-11,13-14H2,1-2H3/t19-,20+/m0/s1. The molecule has 1 aliphatic carbocycles. The van der Waals surface area contributed by atoms with Crippen LogP contribution in [0.5, 0.6) is 0 Å². The number of rotatable bonds is 5. The minimum atomic E-state index is -0.0505. The average molecular weight is 353 g/mol. The Morgan fingerprint density at radius 2 is 2.00 bits per heavy atom. The Bertz CT molecular complexity index is 767. The van der Waals surface area contributed by atoms with Crippen LogP contribution in [0.2, 0.25) is 0 Å². The molecule has 1 saturated carbocycles. The first-order chi connectivity index (χ1) is 12.7. The van der Waals surface area contributed by atoms with Crippen LogP contribution in [0.15, 0.2) is 36.5 Å². The molecule has 5 heteroatoms. The number of aromatic nitrogens is 2. The van der Waals surface area contributed by atoms with Gasteiger partial charge in [0.15, 0.2) is 0 Å². The Hall–Kier alpha value is -2.14. The van der Waals surface area contributed by atoms with Gasteiger partial charge in [0.05, 0.1) is 23.9 Å². The second-order valence-corrected chi connectivity index (χ2v) is 7.51. The lowest BCUT2D eigenvalue weighted by molar-refractivity contribution is -0.0864. The summed E-state index contributed by atoms with van der Waals surface area (Å²) in [5, 5.41) is 4.50. The van der Waals surface area contributed by atoms with Gasteiger partial charge in [-0.3, -0.25) is 9.48 Å². The summed E-state index contributed by atoms with van der Waals surface area (Å²) in [6, 6.07) is 10.3. The summed E-state index contributed by atoms with van der Waals surface area (Å²) in [7, 11) is 0. The fraction of sp³-hybridized carbons (Fsp3) is 0.524. The van der Waals surface area contributed by atoms with E-state index in [2.05, 4.69) is 24.2 Å². The van der Waals surface area contributed by atoms with Gasteiger partial charge in [0.2, 0.25) is 0 Å². The highest BCUT2D eigenvalue weighted by Gasteiger charge is 2.40. The van der Waals surface area contributed by atoms with E-state index in [-0.39, 0.29) is 18.1 Å². The quantitative estimate of drug-likeness (QED) is 0.825. The molecule has 0 radical (unpaired) electrons. The minimum absolute atomic E-state index is 0.0505.